The van der Waals surface area contributed by atoms with Crippen molar-refractivity contribution in [2.45, 2.75) is 43.0 Å². The fourth-order valence-electron chi connectivity index (χ4n) is 2.18. The minimum atomic E-state index is -6.56. The minimum Gasteiger partial charge on any atom is -0.301 e. The monoisotopic (exact) mass is 432 g/mol. The largest absolute Gasteiger partial charge is 0.418 e. The summed E-state index contributed by atoms with van der Waals surface area (Å²) in [5.74, 6) is -2.88. The first-order valence-corrected chi connectivity index (χ1v) is 6.25. The second-order valence-corrected chi connectivity index (χ2v) is 5.08. The number of halogens is 13. The van der Waals surface area contributed by atoms with E-state index in [1.54, 1.807) is 0 Å². The molecule has 0 saturated carbocycles. The number of rotatable bonds is 2. The molecule has 1 aliphatic heterocycles. The van der Waals surface area contributed by atoms with E-state index in [1.807, 2.05) is 0 Å². The van der Waals surface area contributed by atoms with E-state index >= 15 is 0 Å². The van der Waals surface area contributed by atoms with Crippen molar-refractivity contribution in [3.63, 3.8) is 0 Å². The van der Waals surface area contributed by atoms with E-state index in [0.29, 0.717) is 0 Å². The van der Waals surface area contributed by atoms with Gasteiger partial charge in [0.25, 0.3) is 5.91 Å². The van der Waals surface area contributed by atoms with Crippen LogP contribution in [0.4, 0.5) is 61.9 Å². The smallest absolute Gasteiger partial charge is 0.301 e. The summed E-state index contributed by atoms with van der Waals surface area (Å²) in [6.07, 6.45) is -29.7. The molecule has 0 radical (unpaired) electrons. The summed E-state index contributed by atoms with van der Waals surface area (Å²) in [5.41, 5.74) is 0. The maximum atomic E-state index is 13.5. The van der Waals surface area contributed by atoms with Gasteiger partial charge in [0.1, 0.15) is 0 Å². The summed E-state index contributed by atoms with van der Waals surface area (Å²) in [5, 5.41) is 0. The van der Waals surface area contributed by atoms with Crippen molar-refractivity contribution in [3.05, 3.63) is 0 Å². The average molecular weight is 432 g/mol. The van der Waals surface area contributed by atoms with Crippen molar-refractivity contribution in [2.24, 2.45) is 0 Å². The Hall–Kier alpha value is -1.97. The zero-order valence-electron chi connectivity index (χ0n) is 12.1. The number of carbonyl (C=O) groups is 2. The maximum Gasteiger partial charge on any atom is 0.418 e. The number of hydrogen-bond donors (Lipinski definition) is 0. The number of amides is 3. The summed E-state index contributed by atoms with van der Waals surface area (Å²) in [6.45, 7) is -2.35. The highest BCUT2D eigenvalue weighted by Crippen LogP contribution is 2.42. The van der Waals surface area contributed by atoms with E-state index in [1.165, 1.54) is 0 Å². The molecular weight excluding hydrogens is 427 g/mol. The van der Waals surface area contributed by atoms with Gasteiger partial charge in [0.2, 0.25) is 12.1 Å². The lowest BCUT2D eigenvalue weighted by Gasteiger charge is -2.43. The van der Waals surface area contributed by atoms with Gasteiger partial charge in [-0.3, -0.25) is 4.79 Å². The molecule has 3 amide bonds. The number of imide groups is 1. The van der Waals surface area contributed by atoms with Crippen molar-refractivity contribution in [3.8, 4) is 0 Å². The molecular formula is C10H5F13N2O2. The van der Waals surface area contributed by atoms with Crippen LogP contribution in [0.2, 0.25) is 0 Å². The highest BCUT2D eigenvalue weighted by atomic mass is 19.4. The number of nitrogens with zero attached hydrogens (tertiary/aromatic N) is 2. The molecule has 0 aromatic carbocycles. The molecule has 1 fully saturated rings. The van der Waals surface area contributed by atoms with E-state index in [-0.39, 0.29) is 0 Å². The molecule has 0 aromatic rings. The first-order valence-electron chi connectivity index (χ1n) is 6.25. The van der Waals surface area contributed by atoms with Gasteiger partial charge >= 0.3 is 30.7 Å². The molecule has 0 N–H and O–H groups in total. The molecule has 158 valence electrons. The first-order chi connectivity index (χ1) is 11.7. The molecule has 17 heteroatoms. The maximum absolute atomic E-state index is 13.5. The summed E-state index contributed by atoms with van der Waals surface area (Å²) < 4.78 is 165. The van der Waals surface area contributed by atoms with Gasteiger partial charge in [-0.2, -0.15) is 52.7 Å². The second-order valence-electron chi connectivity index (χ2n) is 5.08. The number of alkyl halides is 13. The zero-order valence-corrected chi connectivity index (χ0v) is 12.1. The minimum absolute atomic E-state index is 1.64. The molecule has 1 heterocycles. The van der Waals surface area contributed by atoms with Crippen molar-refractivity contribution < 1.29 is 66.7 Å². The highest BCUT2D eigenvalue weighted by molar-refractivity contribution is 6.00. The molecule has 0 spiro atoms. The van der Waals surface area contributed by atoms with Gasteiger partial charge < -0.3 is 4.90 Å². The molecule has 1 rings (SSSR count). The van der Waals surface area contributed by atoms with Crippen LogP contribution in [0, 0.1) is 0 Å². The van der Waals surface area contributed by atoms with Crippen LogP contribution >= 0.6 is 0 Å². The first kappa shape index (κ1) is 23.1. The third kappa shape index (κ3) is 4.66. The van der Waals surface area contributed by atoms with Crippen molar-refractivity contribution in [1.29, 1.82) is 0 Å². The topological polar surface area (TPSA) is 40.6 Å². The van der Waals surface area contributed by atoms with Crippen LogP contribution < -0.4 is 0 Å². The second kappa shape index (κ2) is 6.57. The van der Waals surface area contributed by atoms with Crippen molar-refractivity contribution >= 4 is 11.9 Å². The predicted octanol–water partition coefficient (Wildman–Crippen LogP) is 3.58. The van der Waals surface area contributed by atoms with E-state index in [4.69, 9.17) is 0 Å². The summed E-state index contributed by atoms with van der Waals surface area (Å²) in [7, 11) is 0. The molecule has 0 bridgehead atoms. The van der Waals surface area contributed by atoms with Gasteiger partial charge in [-0.05, 0) is 0 Å². The predicted molar refractivity (Wildman–Crippen MR) is 55.6 cm³/mol. The van der Waals surface area contributed by atoms with Crippen LogP contribution in [0.1, 0.15) is 0 Å². The van der Waals surface area contributed by atoms with Crippen molar-refractivity contribution in [1.82, 2.24) is 9.80 Å². The van der Waals surface area contributed by atoms with E-state index in [0.717, 1.165) is 0 Å². The Kier molecular flexibility index (Phi) is 5.62. The van der Waals surface area contributed by atoms with Crippen LogP contribution in [-0.2, 0) is 4.79 Å². The third-order valence-electron chi connectivity index (χ3n) is 3.12. The number of carbonyl (C=O) groups excluding carboxylic acids is 2. The normalized spacial score (nSPS) is 20.9. The molecule has 1 atom stereocenters. The zero-order chi connectivity index (χ0) is 21.7. The Morgan fingerprint density at radius 3 is 1.33 bits per heavy atom. The van der Waals surface area contributed by atoms with Gasteiger partial charge in [-0.25, -0.2) is 14.1 Å². The molecule has 27 heavy (non-hydrogen) atoms. The van der Waals surface area contributed by atoms with Gasteiger partial charge in [0.15, 0.2) is 6.17 Å². The molecule has 4 nitrogen and oxygen atoms in total. The van der Waals surface area contributed by atoms with Crippen LogP contribution in [0.25, 0.3) is 0 Å². The Bertz CT molecular complexity index is 562. The fraction of sp³-hybridized carbons (Fsp3) is 0.800. The van der Waals surface area contributed by atoms with E-state index in [2.05, 4.69) is 0 Å². The van der Waals surface area contributed by atoms with Crippen molar-refractivity contribution in [2.75, 3.05) is 6.54 Å². The third-order valence-corrected chi connectivity index (χ3v) is 3.12. The van der Waals surface area contributed by atoms with Gasteiger partial charge in [-0.15, -0.1) is 0 Å². The quantitative estimate of drug-likeness (QED) is 0.627. The molecule has 1 aliphatic rings. The van der Waals surface area contributed by atoms with Crippen LogP contribution in [0.15, 0.2) is 0 Å². The Morgan fingerprint density at radius 1 is 0.704 bits per heavy atom. The van der Waals surface area contributed by atoms with E-state index < -0.39 is 71.2 Å². The number of urea groups is 1. The summed E-state index contributed by atoms with van der Waals surface area (Å²) in [6, 6.07) is -13.3. The van der Waals surface area contributed by atoms with E-state index in [9.17, 15) is 66.7 Å². The lowest BCUT2D eigenvalue weighted by atomic mass is 10.1. The Morgan fingerprint density at radius 2 is 1.04 bits per heavy atom. The van der Waals surface area contributed by atoms with Gasteiger partial charge in [-0.1, -0.05) is 0 Å². The Labute approximate surface area is 139 Å². The van der Waals surface area contributed by atoms with Crippen LogP contribution in [-0.4, -0.2) is 71.2 Å². The molecule has 1 unspecified atom stereocenters. The van der Waals surface area contributed by atoms with Gasteiger partial charge in [0.05, 0.1) is 6.54 Å². The van der Waals surface area contributed by atoms with Crippen LogP contribution in [0.3, 0.4) is 0 Å². The molecule has 0 aromatic heterocycles. The highest BCUT2D eigenvalue weighted by Gasteiger charge is 2.68. The van der Waals surface area contributed by atoms with Gasteiger partial charge in [0, 0.05) is 0 Å². The summed E-state index contributed by atoms with van der Waals surface area (Å²) in [4.78, 5) is 19.2. The standard InChI is InChI=1S/C10H5F13N2O2/c11-2-1-24(4(7(12,13)14)8(15,16)17)6(27)25(3(2)26)5(9(18,19)20)10(21,22)23/h2,4-5H,1H2. The molecule has 0 aliphatic carbocycles. The summed E-state index contributed by atoms with van der Waals surface area (Å²) >= 11 is 0. The number of hydrogen-bond acceptors (Lipinski definition) is 2. The van der Waals surface area contributed by atoms with Crippen LogP contribution in [0.5, 0.6) is 0 Å². The molecule has 1 saturated heterocycles. The fourth-order valence-corrected chi connectivity index (χ4v) is 2.18. The lowest BCUT2D eigenvalue weighted by Crippen LogP contribution is -2.71. The average Bonchev–Trinajstić information content (AvgIpc) is 2.34. The lowest BCUT2D eigenvalue weighted by molar-refractivity contribution is -0.293. The SMILES string of the molecule is O=C1C(F)CN(C(C(F)(F)F)C(F)(F)F)C(=O)N1C(C(F)(F)F)C(F)(F)F. The Balaban J connectivity index is 3.56.